The molecule has 1 saturated heterocycles. The van der Waals surface area contributed by atoms with Gasteiger partial charge in [-0.05, 0) is 35.2 Å². The zero-order valence-corrected chi connectivity index (χ0v) is 17.6. The highest BCUT2D eigenvalue weighted by atomic mass is 16.5. The van der Waals surface area contributed by atoms with Crippen LogP contribution in [0.25, 0.3) is 11.1 Å². The number of hydrogen-bond donors (Lipinski definition) is 1. The van der Waals surface area contributed by atoms with Crippen molar-refractivity contribution < 1.29 is 14.3 Å². The largest absolute Gasteiger partial charge is 0.496 e. The Hall–Kier alpha value is -3.60. The summed E-state index contributed by atoms with van der Waals surface area (Å²) in [4.78, 5) is 27.6. The van der Waals surface area contributed by atoms with Crippen LogP contribution in [0.1, 0.15) is 15.9 Å². The van der Waals surface area contributed by atoms with Crippen LogP contribution in [0.2, 0.25) is 0 Å². The zero-order chi connectivity index (χ0) is 21.6. The first-order chi connectivity index (χ1) is 15.2. The molecular formula is C26H26N2O3. The Kier molecular flexibility index (Phi) is 6.32. The van der Waals surface area contributed by atoms with Crippen molar-refractivity contribution in [3.8, 4) is 16.9 Å². The molecule has 0 saturated carbocycles. The van der Waals surface area contributed by atoms with E-state index in [0.29, 0.717) is 37.4 Å². The second-order valence-corrected chi connectivity index (χ2v) is 7.71. The van der Waals surface area contributed by atoms with Gasteiger partial charge in [-0.15, -0.1) is 0 Å². The summed E-state index contributed by atoms with van der Waals surface area (Å²) >= 11 is 0. The van der Waals surface area contributed by atoms with E-state index in [1.165, 1.54) is 0 Å². The third-order valence-electron chi connectivity index (χ3n) is 5.66. The van der Waals surface area contributed by atoms with E-state index >= 15 is 0 Å². The smallest absolute Gasteiger partial charge is 0.257 e. The van der Waals surface area contributed by atoms with Gasteiger partial charge in [0.2, 0.25) is 5.91 Å². The quantitative estimate of drug-likeness (QED) is 0.691. The summed E-state index contributed by atoms with van der Waals surface area (Å²) in [7, 11) is 1.56. The molecule has 0 aromatic heterocycles. The highest BCUT2D eigenvalue weighted by Crippen LogP contribution is 2.23. The maximum atomic E-state index is 13.1. The number of rotatable bonds is 5. The Morgan fingerprint density at radius 2 is 1.65 bits per heavy atom. The Bertz CT molecular complexity index is 1050. The number of amides is 2. The SMILES string of the molecule is COc1ccccc1C(=O)N1CCNC(=O)C(Cc2ccc(-c3ccccc3)cc2)C1. The van der Waals surface area contributed by atoms with Gasteiger partial charge in [-0.2, -0.15) is 0 Å². The fourth-order valence-electron chi connectivity index (χ4n) is 3.98. The highest BCUT2D eigenvalue weighted by Gasteiger charge is 2.29. The topological polar surface area (TPSA) is 58.6 Å². The molecule has 1 fully saturated rings. The maximum absolute atomic E-state index is 13.1. The fourth-order valence-corrected chi connectivity index (χ4v) is 3.98. The highest BCUT2D eigenvalue weighted by molar-refractivity contribution is 5.97. The normalized spacial score (nSPS) is 16.4. The van der Waals surface area contributed by atoms with E-state index in [9.17, 15) is 9.59 Å². The van der Waals surface area contributed by atoms with Crippen molar-refractivity contribution in [1.29, 1.82) is 0 Å². The lowest BCUT2D eigenvalue weighted by Crippen LogP contribution is -2.37. The number of nitrogens with one attached hydrogen (secondary N) is 1. The number of nitrogens with zero attached hydrogens (tertiary/aromatic N) is 1. The number of methoxy groups -OCH3 is 1. The molecule has 1 atom stereocenters. The van der Waals surface area contributed by atoms with E-state index in [1.807, 2.05) is 30.3 Å². The average Bonchev–Trinajstić information content (AvgIpc) is 3.01. The number of carbonyl (C=O) groups is 2. The van der Waals surface area contributed by atoms with Gasteiger partial charge in [0.15, 0.2) is 0 Å². The minimum absolute atomic E-state index is 0.0116. The molecule has 1 unspecified atom stereocenters. The van der Waals surface area contributed by atoms with E-state index in [0.717, 1.165) is 16.7 Å². The van der Waals surface area contributed by atoms with Crippen LogP contribution in [0.5, 0.6) is 5.75 Å². The zero-order valence-electron chi connectivity index (χ0n) is 17.6. The molecule has 0 radical (unpaired) electrons. The molecule has 31 heavy (non-hydrogen) atoms. The number of ether oxygens (including phenoxy) is 1. The van der Waals surface area contributed by atoms with Gasteiger partial charge in [0.1, 0.15) is 5.75 Å². The van der Waals surface area contributed by atoms with Crippen molar-refractivity contribution in [2.45, 2.75) is 6.42 Å². The van der Waals surface area contributed by atoms with Crippen LogP contribution in [0, 0.1) is 5.92 Å². The molecule has 0 aliphatic carbocycles. The first kappa shape index (κ1) is 20.7. The molecule has 3 aromatic rings. The summed E-state index contributed by atoms with van der Waals surface area (Å²) in [6, 6.07) is 25.7. The van der Waals surface area contributed by atoms with Gasteiger partial charge in [-0.25, -0.2) is 0 Å². The summed E-state index contributed by atoms with van der Waals surface area (Å²) in [5, 5.41) is 2.95. The average molecular weight is 415 g/mol. The van der Waals surface area contributed by atoms with Crippen LogP contribution in [0.15, 0.2) is 78.9 Å². The lowest BCUT2D eigenvalue weighted by Gasteiger charge is -2.24. The minimum atomic E-state index is -0.302. The molecule has 1 heterocycles. The molecule has 1 N–H and O–H groups in total. The van der Waals surface area contributed by atoms with Gasteiger partial charge in [0, 0.05) is 19.6 Å². The van der Waals surface area contributed by atoms with Crippen LogP contribution in [0.3, 0.4) is 0 Å². The van der Waals surface area contributed by atoms with Gasteiger partial charge in [-0.3, -0.25) is 9.59 Å². The van der Waals surface area contributed by atoms with Crippen LogP contribution >= 0.6 is 0 Å². The lowest BCUT2D eigenvalue weighted by molar-refractivity contribution is -0.124. The van der Waals surface area contributed by atoms with Crippen molar-refractivity contribution in [3.05, 3.63) is 90.0 Å². The molecule has 1 aliphatic rings. The molecule has 1 aliphatic heterocycles. The molecule has 5 heteroatoms. The van der Waals surface area contributed by atoms with Gasteiger partial charge >= 0.3 is 0 Å². The third kappa shape index (κ3) is 4.77. The second kappa shape index (κ2) is 9.47. The van der Waals surface area contributed by atoms with Crippen molar-refractivity contribution in [2.24, 2.45) is 5.92 Å². The first-order valence-corrected chi connectivity index (χ1v) is 10.5. The molecule has 0 bridgehead atoms. The first-order valence-electron chi connectivity index (χ1n) is 10.5. The molecule has 0 spiro atoms. The molecule has 4 rings (SSSR count). The second-order valence-electron chi connectivity index (χ2n) is 7.71. The summed E-state index contributed by atoms with van der Waals surface area (Å²) < 4.78 is 5.35. The van der Waals surface area contributed by atoms with Crippen LogP contribution in [-0.4, -0.2) is 43.5 Å². The van der Waals surface area contributed by atoms with Gasteiger partial charge < -0.3 is 15.0 Å². The lowest BCUT2D eigenvalue weighted by atomic mass is 9.96. The summed E-state index contributed by atoms with van der Waals surface area (Å²) in [6.07, 6.45) is 0.580. The van der Waals surface area contributed by atoms with Gasteiger partial charge in [0.05, 0.1) is 18.6 Å². The molecular weight excluding hydrogens is 388 g/mol. The Labute approximate surface area is 182 Å². The Balaban J connectivity index is 1.49. The van der Waals surface area contributed by atoms with Crippen molar-refractivity contribution in [1.82, 2.24) is 10.2 Å². The third-order valence-corrected chi connectivity index (χ3v) is 5.66. The van der Waals surface area contributed by atoms with E-state index < -0.39 is 0 Å². The number of hydrogen-bond acceptors (Lipinski definition) is 3. The van der Waals surface area contributed by atoms with E-state index in [2.05, 4.69) is 41.7 Å². The molecule has 2 amide bonds. The van der Waals surface area contributed by atoms with E-state index in [4.69, 9.17) is 4.74 Å². The predicted molar refractivity (Wildman–Crippen MR) is 121 cm³/mol. The minimum Gasteiger partial charge on any atom is -0.496 e. The number of para-hydroxylation sites is 1. The number of carbonyl (C=O) groups excluding carboxylic acids is 2. The summed E-state index contributed by atoms with van der Waals surface area (Å²) in [6.45, 7) is 1.30. The van der Waals surface area contributed by atoms with Crippen molar-refractivity contribution >= 4 is 11.8 Å². The monoisotopic (exact) mass is 414 g/mol. The van der Waals surface area contributed by atoms with E-state index in [-0.39, 0.29) is 17.7 Å². The van der Waals surface area contributed by atoms with Gasteiger partial charge in [-0.1, -0.05) is 66.7 Å². The molecule has 3 aromatic carbocycles. The van der Waals surface area contributed by atoms with Gasteiger partial charge in [0.25, 0.3) is 5.91 Å². The van der Waals surface area contributed by atoms with Crippen molar-refractivity contribution in [3.63, 3.8) is 0 Å². The number of benzene rings is 3. The maximum Gasteiger partial charge on any atom is 0.257 e. The molecule has 158 valence electrons. The standard InChI is InChI=1S/C26H26N2O3/c1-31-24-10-6-5-9-23(24)26(30)28-16-15-27-25(29)22(18-28)17-19-11-13-21(14-12-19)20-7-3-2-4-8-20/h2-14,22H,15-18H2,1H3,(H,27,29). The van der Waals surface area contributed by atoms with Crippen LogP contribution in [0.4, 0.5) is 0 Å². The van der Waals surface area contributed by atoms with E-state index in [1.54, 1.807) is 24.1 Å². The van der Waals surface area contributed by atoms with Crippen LogP contribution < -0.4 is 10.1 Å². The summed E-state index contributed by atoms with van der Waals surface area (Å²) in [5.74, 6) is 0.119. The van der Waals surface area contributed by atoms with Crippen molar-refractivity contribution in [2.75, 3.05) is 26.7 Å². The fraction of sp³-hybridized carbons (Fsp3) is 0.231. The summed E-state index contributed by atoms with van der Waals surface area (Å²) in [5.41, 5.74) is 3.90. The predicted octanol–water partition coefficient (Wildman–Crippen LogP) is 3.79. The Morgan fingerprint density at radius 1 is 0.968 bits per heavy atom. The molecule has 5 nitrogen and oxygen atoms in total. The Morgan fingerprint density at radius 3 is 2.39 bits per heavy atom. The van der Waals surface area contributed by atoms with Crippen LogP contribution in [-0.2, 0) is 11.2 Å².